The van der Waals surface area contributed by atoms with Gasteiger partial charge in [-0.3, -0.25) is 4.79 Å². The maximum atomic E-state index is 11.7. The smallest absolute Gasteiger partial charge is 0.325 e. The van der Waals surface area contributed by atoms with E-state index in [0.29, 0.717) is 6.42 Å². The molecule has 0 bridgehead atoms. The number of aliphatic hydroxyl groups is 2. The minimum Gasteiger partial charge on any atom is -0.395 e. The highest BCUT2D eigenvalue weighted by Crippen LogP contribution is 2.14. The first kappa shape index (κ1) is 28.4. The van der Waals surface area contributed by atoms with E-state index in [2.05, 4.69) is 6.92 Å². The van der Waals surface area contributed by atoms with Gasteiger partial charge >= 0.3 is 5.97 Å². The van der Waals surface area contributed by atoms with Crippen LogP contribution in [0, 0.1) is 0 Å². The van der Waals surface area contributed by atoms with Crippen LogP contribution in [0.1, 0.15) is 122 Å². The predicted molar refractivity (Wildman–Crippen MR) is 121 cm³/mol. The fraction of sp³-hybridized carbons (Fsp3) is 0.958. The van der Waals surface area contributed by atoms with Crippen LogP contribution in [-0.2, 0) is 9.63 Å². The molecule has 0 aromatic carbocycles. The topological polar surface area (TPSA) is 70.0 Å². The highest BCUT2D eigenvalue weighted by Gasteiger charge is 2.10. The number of nitrogens with zero attached hydrogens (tertiary/aromatic N) is 1. The summed E-state index contributed by atoms with van der Waals surface area (Å²) in [5, 5.41) is 19.1. The van der Waals surface area contributed by atoms with Crippen LogP contribution in [0.3, 0.4) is 0 Å². The lowest BCUT2D eigenvalue weighted by Crippen LogP contribution is -2.32. The van der Waals surface area contributed by atoms with Gasteiger partial charge in [-0.1, -0.05) is 110 Å². The molecule has 29 heavy (non-hydrogen) atoms. The summed E-state index contributed by atoms with van der Waals surface area (Å²) < 4.78 is 0. The lowest BCUT2D eigenvalue weighted by atomic mass is 10.0. The lowest BCUT2D eigenvalue weighted by Gasteiger charge is -2.18. The Kier molecular flexibility index (Phi) is 23.1. The first-order chi connectivity index (χ1) is 14.2. The SMILES string of the molecule is CCCCCCCCCCCCCCCCCCCC(=O)ON(CCO)CCO. The van der Waals surface area contributed by atoms with Crippen molar-refractivity contribution in [3.8, 4) is 0 Å². The van der Waals surface area contributed by atoms with Gasteiger partial charge in [-0.25, -0.2) is 0 Å². The van der Waals surface area contributed by atoms with Crippen LogP contribution in [-0.4, -0.2) is 47.5 Å². The summed E-state index contributed by atoms with van der Waals surface area (Å²) in [6.07, 6.45) is 22.9. The number of unbranched alkanes of at least 4 members (excludes halogenated alkanes) is 16. The van der Waals surface area contributed by atoms with Crippen molar-refractivity contribution in [1.29, 1.82) is 0 Å². The number of hydrogen-bond acceptors (Lipinski definition) is 5. The molecular weight excluding hydrogens is 366 g/mol. The summed E-state index contributed by atoms with van der Waals surface area (Å²) in [6, 6.07) is 0. The summed E-state index contributed by atoms with van der Waals surface area (Å²) in [6.45, 7) is 2.57. The van der Waals surface area contributed by atoms with Gasteiger partial charge in [0.1, 0.15) is 0 Å². The van der Waals surface area contributed by atoms with Crippen molar-refractivity contribution in [2.75, 3.05) is 26.3 Å². The van der Waals surface area contributed by atoms with E-state index in [1.807, 2.05) is 0 Å². The molecule has 0 spiro atoms. The molecule has 5 nitrogen and oxygen atoms in total. The molecule has 0 aliphatic carbocycles. The zero-order chi connectivity index (χ0) is 21.4. The summed E-state index contributed by atoms with van der Waals surface area (Å²) in [5.41, 5.74) is 0. The average Bonchev–Trinajstić information content (AvgIpc) is 2.70. The number of hydrogen-bond donors (Lipinski definition) is 2. The van der Waals surface area contributed by atoms with Crippen LogP contribution < -0.4 is 0 Å². The Morgan fingerprint density at radius 1 is 0.621 bits per heavy atom. The highest BCUT2D eigenvalue weighted by atomic mass is 16.7. The van der Waals surface area contributed by atoms with Gasteiger partial charge in [-0.05, 0) is 6.42 Å². The van der Waals surface area contributed by atoms with Crippen molar-refractivity contribution in [3.05, 3.63) is 0 Å². The molecule has 5 heteroatoms. The van der Waals surface area contributed by atoms with Gasteiger partial charge in [0.15, 0.2) is 0 Å². The Morgan fingerprint density at radius 3 is 1.31 bits per heavy atom. The fourth-order valence-corrected chi connectivity index (χ4v) is 3.61. The predicted octanol–water partition coefficient (Wildman–Crippen LogP) is 5.77. The summed E-state index contributed by atoms with van der Waals surface area (Å²) in [4.78, 5) is 16.9. The Morgan fingerprint density at radius 2 is 0.966 bits per heavy atom. The number of carbonyl (C=O) groups excluding carboxylic acids is 1. The Labute approximate surface area is 180 Å². The van der Waals surface area contributed by atoms with Gasteiger partial charge in [0, 0.05) is 6.42 Å². The van der Waals surface area contributed by atoms with Crippen LogP contribution in [0.25, 0.3) is 0 Å². The zero-order valence-electron chi connectivity index (χ0n) is 19.2. The Hall–Kier alpha value is -0.650. The second kappa shape index (κ2) is 23.6. The zero-order valence-corrected chi connectivity index (χ0v) is 19.2. The molecule has 0 aromatic heterocycles. The molecule has 0 aromatic rings. The second-order valence-corrected chi connectivity index (χ2v) is 8.25. The van der Waals surface area contributed by atoms with E-state index in [9.17, 15) is 4.79 Å². The minimum absolute atomic E-state index is 0.0909. The largest absolute Gasteiger partial charge is 0.395 e. The third-order valence-corrected chi connectivity index (χ3v) is 5.41. The molecule has 0 aliphatic heterocycles. The van der Waals surface area contributed by atoms with Crippen LogP contribution >= 0.6 is 0 Å². The molecule has 0 unspecified atom stereocenters. The van der Waals surface area contributed by atoms with Crippen molar-refractivity contribution in [2.45, 2.75) is 122 Å². The van der Waals surface area contributed by atoms with E-state index in [1.54, 1.807) is 0 Å². The number of aliphatic hydroxyl groups excluding tert-OH is 2. The van der Waals surface area contributed by atoms with Crippen molar-refractivity contribution in [2.24, 2.45) is 0 Å². The van der Waals surface area contributed by atoms with Gasteiger partial charge in [0.2, 0.25) is 0 Å². The molecular formula is C24H49NO4. The first-order valence-corrected chi connectivity index (χ1v) is 12.4. The minimum atomic E-state index is -0.271. The number of hydroxylamine groups is 2. The molecule has 0 aliphatic rings. The van der Waals surface area contributed by atoms with Crippen molar-refractivity contribution in [3.63, 3.8) is 0 Å². The first-order valence-electron chi connectivity index (χ1n) is 12.4. The Balaban J connectivity index is 3.26. The van der Waals surface area contributed by atoms with Crippen LogP contribution in [0.15, 0.2) is 0 Å². The molecule has 0 saturated heterocycles. The third-order valence-electron chi connectivity index (χ3n) is 5.41. The van der Waals surface area contributed by atoms with Gasteiger partial charge in [-0.15, -0.1) is 5.06 Å². The van der Waals surface area contributed by atoms with E-state index in [0.717, 1.165) is 12.8 Å². The van der Waals surface area contributed by atoms with Crippen molar-refractivity contribution in [1.82, 2.24) is 5.06 Å². The standard InChI is InChI=1S/C24H49NO4/c1-2-3-4-5-6-7-8-9-10-11-12-13-14-15-16-17-18-19-24(28)29-25(20-22-26)21-23-27/h26-27H,2-23H2,1H3. The molecule has 174 valence electrons. The van der Waals surface area contributed by atoms with E-state index in [-0.39, 0.29) is 32.3 Å². The second-order valence-electron chi connectivity index (χ2n) is 8.25. The summed E-state index contributed by atoms with van der Waals surface area (Å²) in [7, 11) is 0. The summed E-state index contributed by atoms with van der Waals surface area (Å²) >= 11 is 0. The van der Waals surface area contributed by atoms with Gasteiger partial charge in [0.25, 0.3) is 0 Å². The van der Waals surface area contributed by atoms with Crippen LogP contribution in [0.5, 0.6) is 0 Å². The average molecular weight is 416 g/mol. The van der Waals surface area contributed by atoms with Gasteiger partial charge < -0.3 is 15.1 Å². The molecule has 2 N–H and O–H groups in total. The fourth-order valence-electron chi connectivity index (χ4n) is 3.61. The normalized spacial score (nSPS) is 11.3. The summed E-state index contributed by atoms with van der Waals surface area (Å²) in [5.74, 6) is -0.271. The molecule has 0 atom stereocenters. The maximum absolute atomic E-state index is 11.7. The van der Waals surface area contributed by atoms with Crippen LogP contribution in [0.2, 0.25) is 0 Å². The highest BCUT2D eigenvalue weighted by molar-refractivity contribution is 5.68. The van der Waals surface area contributed by atoms with E-state index < -0.39 is 0 Å². The molecule has 0 fully saturated rings. The van der Waals surface area contributed by atoms with Crippen LogP contribution in [0.4, 0.5) is 0 Å². The quantitative estimate of drug-likeness (QED) is 0.164. The van der Waals surface area contributed by atoms with E-state index in [1.165, 1.54) is 101 Å². The Bertz CT molecular complexity index is 333. The van der Waals surface area contributed by atoms with Crippen molar-refractivity contribution < 1.29 is 19.8 Å². The third kappa shape index (κ3) is 21.9. The van der Waals surface area contributed by atoms with E-state index in [4.69, 9.17) is 15.1 Å². The van der Waals surface area contributed by atoms with Gasteiger partial charge in [-0.2, -0.15) is 0 Å². The maximum Gasteiger partial charge on any atom is 0.325 e. The molecule has 0 amide bonds. The lowest BCUT2D eigenvalue weighted by molar-refractivity contribution is -0.194. The van der Waals surface area contributed by atoms with E-state index >= 15 is 0 Å². The molecule has 0 saturated carbocycles. The molecule has 0 heterocycles. The van der Waals surface area contributed by atoms with Crippen molar-refractivity contribution >= 4 is 5.97 Å². The number of rotatable bonds is 23. The molecule has 0 rings (SSSR count). The number of carbonyl (C=O) groups is 1. The van der Waals surface area contributed by atoms with Gasteiger partial charge in [0.05, 0.1) is 26.3 Å². The molecule has 0 radical (unpaired) electrons. The monoisotopic (exact) mass is 415 g/mol.